The van der Waals surface area contributed by atoms with Crippen LogP contribution in [0.4, 0.5) is 0 Å². The Balaban J connectivity index is 0.00000242. The van der Waals surface area contributed by atoms with E-state index in [0.29, 0.717) is 36.3 Å². The summed E-state index contributed by atoms with van der Waals surface area (Å²) in [6, 6.07) is 9.11. The maximum Gasteiger partial charge on any atom is 0.134 e. The average Bonchev–Trinajstić information content (AvgIpc) is 2.90. The standard InChI is InChI=1S/C15H17Cl2NO3.ClH/c16-12-7-11(8-13(17)9-12)15-2-1-14(21-15)10-18-3-5-20-6-4-19;/h1-2,7-9,18-19H,3-6,10H2;1H. The molecule has 7 heteroatoms. The van der Waals surface area contributed by atoms with Crippen LogP contribution in [0.3, 0.4) is 0 Å². The molecule has 2 rings (SSSR count). The second-order valence-electron chi connectivity index (χ2n) is 4.44. The first-order chi connectivity index (χ1) is 10.2. The SMILES string of the molecule is Cl.OCCOCCNCc1ccc(-c2cc(Cl)cc(Cl)c2)o1. The highest BCUT2D eigenvalue weighted by Crippen LogP contribution is 2.28. The molecule has 2 aromatic rings. The molecule has 0 aliphatic heterocycles. The lowest BCUT2D eigenvalue weighted by atomic mass is 10.2. The quantitative estimate of drug-likeness (QED) is 0.698. The van der Waals surface area contributed by atoms with Crippen LogP contribution in [0.25, 0.3) is 11.3 Å². The number of halogens is 3. The number of ether oxygens (including phenoxy) is 1. The van der Waals surface area contributed by atoms with Gasteiger partial charge < -0.3 is 19.6 Å². The van der Waals surface area contributed by atoms with E-state index in [9.17, 15) is 0 Å². The lowest BCUT2D eigenvalue weighted by Crippen LogP contribution is -2.19. The molecule has 4 nitrogen and oxygen atoms in total. The maximum absolute atomic E-state index is 8.57. The van der Waals surface area contributed by atoms with Gasteiger partial charge in [0.05, 0.1) is 26.4 Å². The van der Waals surface area contributed by atoms with Gasteiger partial charge in [0.25, 0.3) is 0 Å². The van der Waals surface area contributed by atoms with Crippen molar-refractivity contribution in [2.45, 2.75) is 6.54 Å². The lowest BCUT2D eigenvalue weighted by molar-refractivity contribution is 0.0936. The first-order valence-electron chi connectivity index (χ1n) is 6.63. The van der Waals surface area contributed by atoms with E-state index in [0.717, 1.165) is 17.1 Å². The molecule has 0 bridgehead atoms. The van der Waals surface area contributed by atoms with Gasteiger partial charge in [-0.1, -0.05) is 23.2 Å². The number of aliphatic hydroxyl groups excluding tert-OH is 1. The summed E-state index contributed by atoms with van der Waals surface area (Å²) in [6.07, 6.45) is 0. The number of benzene rings is 1. The van der Waals surface area contributed by atoms with Crippen molar-refractivity contribution in [3.05, 3.63) is 46.1 Å². The first-order valence-corrected chi connectivity index (χ1v) is 7.39. The molecule has 0 aliphatic rings. The van der Waals surface area contributed by atoms with Crippen LogP contribution < -0.4 is 5.32 Å². The zero-order valence-corrected chi connectivity index (χ0v) is 14.2. The van der Waals surface area contributed by atoms with E-state index < -0.39 is 0 Å². The summed E-state index contributed by atoms with van der Waals surface area (Å²) in [5, 5.41) is 12.9. The minimum absolute atomic E-state index is 0. The molecule has 0 saturated heterocycles. The van der Waals surface area contributed by atoms with E-state index in [2.05, 4.69) is 5.32 Å². The van der Waals surface area contributed by atoms with Crippen LogP contribution in [0.2, 0.25) is 10.0 Å². The molecule has 0 atom stereocenters. The molecule has 2 N–H and O–H groups in total. The van der Waals surface area contributed by atoms with Crippen LogP contribution >= 0.6 is 35.6 Å². The monoisotopic (exact) mass is 365 g/mol. The molecular formula is C15H18Cl3NO3. The molecule has 122 valence electrons. The third-order valence-corrected chi connectivity index (χ3v) is 3.20. The Labute approximate surface area is 145 Å². The first kappa shape index (κ1) is 19.3. The topological polar surface area (TPSA) is 54.6 Å². The van der Waals surface area contributed by atoms with Crippen LogP contribution in [-0.4, -0.2) is 31.5 Å². The van der Waals surface area contributed by atoms with Gasteiger partial charge >= 0.3 is 0 Å². The van der Waals surface area contributed by atoms with Gasteiger partial charge in [-0.15, -0.1) is 12.4 Å². The zero-order valence-electron chi connectivity index (χ0n) is 11.9. The Hall–Kier alpha value is -0.750. The van der Waals surface area contributed by atoms with Gasteiger partial charge in [0.2, 0.25) is 0 Å². The number of furan rings is 1. The second kappa shape index (κ2) is 10.1. The molecular weight excluding hydrogens is 349 g/mol. The van der Waals surface area contributed by atoms with Gasteiger partial charge in [0.1, 0.15) is 11.5 Å². The minimum Gasteiger partial charge on any atom is -0.460 e. The smallest absolute Gasteiger partial charge is 0.134 e. The van der Waals surface area contributed by atoms with E-state index >= 15 is 0 Å². The molecule has 0 saturated carbocycles. The van der Waals surface area contributed by atoms with Crippen molar-refractivity contribution in [1.29, 1.82) is 0 Å². The molecule has 0 fully saturated rings. The van der Waals surface area contributed by atoms with Crippen molar-refractivity contribution in [1.82, 2.24) is 5.32 Å². The fourth-order valence-electron chi connectivity index (χ4n) is 1.85. The van der Waals surface area contributed by atoms with Gasteiger partial charge in [-0.05, 0) is 30.3 Å². The van der Waals surface area contributed by atoms with Crippen LogP contribution in [0.15, 0.2) is 34.7 Å². The van der Waals surface area contributed by atoms with Gasteiger partial charge in [-0.25, -0.2) is 0 Å². The maximum atomic E-state index is 8.57. The third-order valence-electron chi connectivity index (χ3n) is 2.77. The van der Waals surface area contributed by atoms with Gasteiger partial charge in [-0.3, -0.25) is 0 Å². The molecule has 1 aromatic heterocycles. The summed E-state index contributed by atoms with van der Waals surface area (Å²) in [7, 11) is 0. The Bertz CT molecular complexity index is 555. The summed E-state index contributed by atoms with van der Waals surface area (Å²) >= 11 is 12.0. The molecule has 1 aromatic carbocycles. The van der Waals surface area contributed by atoms with Crippen LogP contribution in [-0.2, 0) is 11.3 Å². The van der Waals surface area contributed by atoms with Crippen molar-refractivity contribution >= 4 is 35.6 Å². The number of hydrogen-bond acceptors (Lipinski definition) is 4. The van der Waals surface area contributed by atoms with Gasteiger partial charge in [-0.2, -0.15) is 0 Å². The number of hydrogen-bond donors (Lipinski definition) is 2. The second-order valence-corrected chi connectivity index (χ2v) is 5.31. The van der Waals surface area contributed by atoms with E-state index in [4.69, 9.17) is 37.5 Å². The van der Waals surface area contributed by atoms with E-state index in [1.807, 2.05) is 24.3 Å². The predicted molar refractivity (Wildman–Crippen MR) is 91.0 cm³/mol. The van der Waals surface area contributed by atoms with Crippen molar-refractivity contribution in [2.24, 2.45) is 0 Å². The minimum atomic E-state index is 0. The summed E-state index contributed by atoms with van der Waals surface area (Å²) in [6.45, 7) is 2.26. The largest absolute Gasteiger partial charge is 0.460 e. The summed E-state index contributed by atoms with van der Waals surface area (Å²) < 4.78 is 10.9. The normalized spacial score (nSPS) is 10.5. The van der Waals surface area contributed by atoms with E-state index in [-0.39, 0.29) is 19.0 Å². The van der Waals surface area contributed by atoms with Crippen LogP contribution in [0.5, 0.6) is 0 Å². The molecule has 0 radical (unpaired) electrons. The number of rotatable bonds is 8. The summed E-state index contributed by atoms with van der Waals surface area (Å²) in [4.78, 5) is 0. The Morgan fingerprint density at radius 3 is 2.50 bits per heavy atom. The van der Waals surface area contributed by atoms with Crippen molar-refractivity contribution in [3.8, 4) is 11.3 Å². The highest BCUT2D eigenvalue weighted by Gasteiger charge is 2.06. The molecule has 0 spiro atoms. The van der Waals surface area contributed by atoms with Crippen LogP contribution in [0, 0.1) is 0 Å². The molecule has 0 aliphatic carbocycles. The fraction of sp³-hybridized carbons (Fsp3) is 0.333. The number of aliphatic hydroxyl groups is 1. The lowest BCUT2D eigenvalue weighted by Gasteiger charge is -2.03. The Kier molecular flexibility index (Phi) is 8.86. The van der Waals surface area contributed by atoms with Crippen LogP contribution in [0.1, 0.15) is 5.76 Å². The molecule has 22 heavy (non-hydrogen) atoms. The molecule has 0 amide bonds. The Morgan fingerprint density at radius 1 is 1.09 bits per heavy atom. The Morgan fingerprint density at radius 2 is 1.82 bits per heavy atom. The predicted octanol–water partition coefficient (Wildman–Crippen LogP) is 3.77. The van der Waals surface area contributed by atoms with Gasteiger partial charge in [0.15, 0.2) is 0 Å². The zero-order chi connectivity index (χ0) is 15.1. The van der Waals surface area contributed by atoms with Gasteiger partial charge in [0, 0.05) is 22.2 Å². The number of nitrogens with one attached hydrogen (secondary N) is 1. The van der Waals surface area contributed by atoms with Crippen molar-refractivity contribution in [3.63, 3.8) is 0 Å². The van der Waals surface area contributed by atoms with Crippen molar-refractivity contribution < 1.29 is 14.3 Å². The third kappa shape index (κ3) is 6.16. The van der Waals surface area contributed by atoms with E-state index in [1.165, 1.54) is 0 Å². The molecule has 0 unspecified atom stereocenters. The highest BCUT2D eigenvalue weighted by atomic mass is 35.5. The average molecular weight is 367 g/mol. The van der Waals surface area contributed by atoms with E-state index in [1.54, 1.807) is 6.07 Å². The molecule has 1 heterocycles. The summed E-state index contributed by atoms with van der Waals surface area (Å²) in [5.41, 5.74) is 0.852. The van der Waals surface area contributed by atoms with Crippen molar-refractivity contribution in [2.75, 3.05) is 26.4 Å². The highest BCUT2D eigenvalue weighted by molar-refractivity contribution is 6.35. The fourth-order valence-corrected chi connectivity index (χ4v) is 2.37. The summed E-state index contributed by atoms with van der Waals surface area (Å²) in [5.74, 6) is 1.55.